The van der Waals surface area contributed by atoms with Crippen LogP contribution in [-0.4, -0.2) is 29.8 Å². The van der Waals surface area contributed by atoms with Gasteiger partial charge in [-0.2, -0.15) is 0 Å². The Hall–Kier alpha value is -0.915. The van der Waals surface area contributed by atoms with Gasteiger partial charge in [0, 0.05) is 6.54 Å². The van der Waals surface area contributed by atoms with Crippen molar-refractivity contribution in [3.63, 3.8) is 0 Å². The van der Waals surface area contributed by atoms with Gasteiger partial charge in [0.05, 0.1) is 21.4 Å². The normalized spacial score (nSPS) is 20.4. The fraction of sp³-hybridized carbons (Fsp3) is 0.438. The number of halogens is 1. The molecule has 1 fully saturated rings. The molecule has 2 aromatic rings. The maximum atomic E-state index is 6.08. The molecule has 0 aliphatic carbocycles. The Kier molecular flexibility index (Phi) is 4.32. The minimum absolute atomic E-state index is 0.373. The van der Waals surface area contributed by atoms with Gasteiger partial charge in [0.2, 0.25) is 0 Å². The first kappa shape index (κ1) is 16.9. The monoisotopic (exact) mass is 350 g/mol. The van der Waals surface area contributed by atoms with Crippen LogP contribution in [-0.2, 0) is 9.31 Å². The first-order chi connectivity index (χ1) is 10.7. The summed E-state index contributed by atoms with van der Waals surface area (Å²) < 4.78 is 13.8. The molecule has 0 bridgehead atoms. The Morgan fingerprint density at radius 1 is 1.30 bits per heavy atom. The van der Waals surface area contributed by atoms with E-state index < -0.39 is 7.12 Å². The van der Waals surface area contributed by atoms with Gasteiger partial charge in [-0.25, -0.2) is 4.98 Å². The second kappa shape index (κ2) is 5.86. The summed E-state index contributed by atoms with van der Waals surface area (Å²) in [5, 5.41) is 0. The van der Waals surface area contributed by atoms with Crippen molar-refractivity contribution in [2.75, 3.05) is 6.54 Å². The van der Waals surface area contributed by atoms with Gasteiger partial charge in [0.1, 0.15) is 0 Å². The average Bonchev–Trinajstić information content (AvgIpc) is 2.91. The van der Waals surface area contributed by atoms with Gasteiger partial charge in [-0.05, 0) is 50.9 Å². The third-order valence-electron chi connectivity index (χ3n) is 4.53. The van der Waals surface area contributed by atoms with E-state index >= 15 is 0 Å². The first-order valence-corrected chi connectivity index (χ1v) is 8.73. The molecule has 1 aromatic carbocycles. The summed E-state index contributed by atoms with van der Waals surface area (Å²) in [6.07, 6.45) is 2.02. The van der Waals surface area contributed by atoms with E-state index in [1.165, 1.54) is 11.3 Å². The molecule has 2 N–H and O–H groups in total. The highest BCUT2D eigenvalue weighted by Gasteiger charge is 2.52. The van der Waals surface area contributed by atoms with E-state index in [1.807, 2.05) is 45.9 Å². The number of aromatic nitrogens is 1. The summed E-state index contributed by atoms with van der Waals surface area (Å²) in [6, 6.07) is 6.01. The summed E-state index contributed by atoms with van der Waals surface area (Å²) in [7, 11) is -0.425. The lowest BCUT2D eigenvalue weighted by molar-refractivity contribution is 0.00578. The minimum atomic E-state index is -0.425. The van der Waals surface area contributed by atoms with Crippen molar-refractivity contribution in [1.29, 1.82) is 0 Å². The number of thiazole rings is 1. The standard InChI is InChI=1S/C16H20BClN2O2S/c1-15(2)16(3,4)22-17(21-15)11(9-19)7-10-5-6-12-13(8-10)23-14(18)20-12/h5-8H,9,19H2,1-4H3. The lowest BCUT2D eigenvalue weighted by atomic mass is 9.77. The van der Waals surface area contributed by atoms with E-state index in [-0.39, 0.29) is 11.2 Å². The van der Waals surface area contributed by atoms with Crippen LogP contribution in [0.15, 0.2) is 23.7 Å². The van der Waals surface area contributed by atoms with Crippen LogP contribution in [0.1, 0.15) is 33.3 Å². The van der Waals surface area contributed by atoms with Crippen LogP contribution in [0.5, 0.6) is 0 Å². The Bertz CT molecular complexity index is 757. The molecule has 1 aliphatic heterocycles. The molecular weight excluding hydrogens is 331 g/mol. The van der Waals surface area contributed by atoms with Gasteiger partial charge >= 0.3 is 7.12 Å². The number of benzene rings is 1. The van der Waals surface area contributed by atoms with Gasteiger partial charge in [0.25, 0.3) is 0 Å². The number of hydrogen-bond acceptors (Lipinski definition) is 5. The van der Waals surface area contributed by atoms with Crippen LogP contribution >= 0.6 is 22.9 Å². The molecule has 0 radical (unpaired) electrons. The highest BCUT2D eigenvalue weighted by Crippen LogP contribution is 2.38. The molecule has 3 rings (SSSR count). The summed E-state index contributed by atoms with van der Waals surface area (Å²) in [5.74, 6) is 0. The fourth-order valence-corrected chi connectivity index (χ4v) is 3.51. The second-order valence-electron chi connectivity index (χ2n) is 6.71. The van der Waals surface area contributed by atoms with Crippen LogP contribution in [0.2, 0.25) is 4.47 Å². The molecule has 0 saturated carbocycles. The number of nitrogens with two attached hydrogens (primary N) is 1. The van der Waals surface area contributed by atoms with Crippen molar-refractivity contribution < 1.29 is 9.31 Å². The Morgan fingerprint density at radius 3 is 2.57 bits per heavy atom. The molecule has 4 nitrogen and oxygen atoms in total. The molecule has 122 valence electrons. The van der Waals surface area contributed by atoms with E-state index in [2.05, 4.69) is 11.1 Å². The largest absolute Gasteiger partial charge is 0.491 e. The van der Waals surface area contributed by atoms with Crippen molar-refractivity contribution in [1.82, 2.24) is 4.98 Å². The molecule has 1 aromatic heterocycles. The first-order valence-electron chi connectivity index (χ1n) is 7.54. The average molecular weight is 351 g/mol. The molecule has 0 unspecified atom stereocenters. The predicted molar refractivity (Wildman–Crippen MR) is 97.7 cm³/mol. The van der Waals surface area contributed by atoms with Crippen LogP contribution in [0.3, 0.4) is 0 Å². The second-order valence-corrected chi connectivity index (χ2v) is 8.32. The molecule has 1 aliphatic rings. The smallest absolute Gasteiger partial charge is 0.400 e. The lowest BCUT2D eigenvalue weighted by Gasteiger charge is -2.32. The van der Waals surface area contributed by atoms with Crippen molar-refractivity contribution in [2.45, 2.75) is 38.9 Å². The highest BCUT2D eigenvalue weighted by molar-refractivity contribution is 7.22. The fourth-order valence-electron chi connectivity index (χ4n) is 2.43. The molecule has 0 amide bonds. The summed E-state index contributed by atoms with van der Waals surface area (Å²) in [6.45, 7) is 8.51. The van der Waals surface area contributed by atoms with Gasteiger partial charge in [-0.3, -0.25) is 0 Å². The number of fused-ring (bicyclic) bond motifs is 1. The van der Waals surface area contributed by atoms with E-state index in [4.69, 9.17) is 26.6 Å². The molecule has 23 heavy (non-hydrogen) atoms. The van der Waals surface area contributed by atoms with Crippen molar-refractivity contribution in [3.8, 4) is 0 Å². The van der Waals surface area contributed by atoms with Gasteiger partial charge in [-0.1, -0.05) is 23.7 Å². The van der Waals surface area contributed by atoms with E-state index in [1.54, 1.807) is 0 Å². The molecule has 2 heterocycles. The van der Waals surface area contributed by atoms with Gasteiger partial charge < -0.3 is 15.0 Å². The van der Waals surface area contributed by atoms with Gasteiger partial charge in [0.15, 0.2) is 4.47 Å². The zero-order valence-electron chi connectivity index (χ0n) is 13.7. The maximum Gasteiger partial charge on any atom is 0.491 e. The quantitative estimate of drug-likeness (QED) is 0.852. The lowest BCUT2D eigenvalue weighted by Crippen LogP contribution is -2.41. The number of hydrogen-bond donors (Lipinski definition) is 1. The van der Waals surface area contributed by atoms with Crippen molar-refractivity contribution in [3.05, 3.63) is 33.7 Å². The number of rotatable bonds is 3. The zero-order valence-corrected chi connectivity index (χ0v) is 15.3. The molecule has 1 saturated heterocycles. The number of nitrogens with zero attached hydrogens (tertiary/aromatic N) is 1. The molecular formula is C16H20BClN2O2S. The Labute approximate surface area is 145 Å². The third kappa shape index (κ3) is 3.19. The van der Waals surface area contributed by atoms with E-state index in [0.717, 1.165) is 21.3 Å². The van der Waals surface area contributed by atoms with Crippen LogP contribution in [0.25, 0.3) is 16.3 Å². The van der Waals surface area contributed by atoms with Crippen LogP contribution in [0.4, 0.5) is 0 Å². The van der Waals surface area contributed by atoms with Crippen molar-refractivity contribution in [2.24, 2.45) is 5.73 Å². The Balaban J connectivity index is 1.92. The molecule has 0 atom stereocenters. The van der Waals surface area contributed by atoms with Crippen LogP contribution in [0, 0.1) is 0 Å². The zero-order chi connectivity index (χ0) is 16.8. The summed E-state index contributed by atoms with van der Waals surface area (Å²) >= 11 is 7.43. The van der Waals surface area contributed by atoms with Crippen molar-refractivity contribution >= 4 is 46.3 Å². The highest BCUT2D eigenvalue weighted by atomic mass is 35.5. The predicted octanol–water partition coefficient (Wildman–Crippen LogP) is 3.92. The summed E-state index contributed by atoms with van der Waals surface area (Å²) in [4.78, 5) is 4.26. The topological polar surface area (TPSA) is 57.4 Å². The Morgan fingerprint density at radius 2 is 1.96 bits per heavy atom. The molecule has 0 spiro atoms. The van der Waals surface area contributed by atoms with E-state index in [0.29, 0.717) is 11.0 Å². The van der Waals surface area contributed by atoms with E-state index in [9.17, 15) is 0 Å². The van der Waals surface area contributed by atoms with Crippen LogP contribution < -0.4 is 5.73 Å². The SMILES string of the molecule is CC1(C)OB(C(=Cc2ccc3nc(Cl)sc3c2)CN)OC1(C)C. The maximum absolute atomic E-state index is 6.08. The summed E-state index contributed by atoms with van der Waals surface area (Å²) in [5.41, 5.74) is 8.04. The third-order valence-corrected chi connectivity index (χ3v) is 5.65. The minimum Gasteiger partial charge on any atom is -0.400 e. The molecule has 7 heteroatoms. The van der Waals surface area contributed by atoms with Gasteiger partial charge in [-0.15, -0.1) is 11.3 Å².